The molecule has 6 heteroatoms. The molecule has 1 saturated carbocycles. The summed E-state index contributed by atoms with van der Waals surface area (Å²) in [7, 11) is 0. The van der Waals surface area contributed by atoms with Gasteiger partial charge in [-0.25, -0.2) is 4.98 Å². The zero-order valence-corrected chi connectivity index (χ0v) is 12.0. The summed E-state index contributed by atoms with van der Waals surface area (Å²) < 4.78 is 0. The first kappa shape index (κ1) is 14.0. The van der Waals surface area contributed by atoms with Gasteiger partial charge in [0.1, 0.15) is 0 Å². The van der Waals surface area contributed by atoms with E-state index < -0.39 is 0 Å². The van der Waals surface area contributed by atoms with Crippen molar-refractivity contribution in [3.8, 4) is 0 Å². The Hall–Kier alpha value is -1.43. The number of hydrogen-bond acceptors (Lipinski definition) is 4. The van der Waals surface area contributed by atoms with E-state index in [0.717, 1.165) is 5.69 Å². The first-order chi connectivity index (χ1) is 9.06. The lowest BCUT2D eigenvalue weighted by Gasteiger charge is -2.07. The maximum absolute atomic E-state index is 11.5. The molecule has 1 aromatic rings. The topological polar surface area (TPSA) is 71.1 Å². The van der Waals surface area contributed by atoms with Gasteiger partial charge in [-0.3, -0.25) is 9.59 Å². The van der Waals surface area contributed by atoms with Crippen molar-refractivity contribution in [3.05, 3.63) is 16.1 Å². The average molecular weight is 281 g/mol. The Bertz CT molecular complexity index is 466. The first-order valence-corrected chi connectivity index (χ1v) is 7.43. The van der Waals surface area contributed by atoms with Gasteiger partial charge in [-0.1, -0.05) is 13.8 Å². The second-order valence-electron chi connectivity index (χ2n) is 5.10. The van der Waals surface area contributed by atoms with Crippen molar-refractivity contribution >= 4 is 23.2 Å². The maximum Gasteiger partial charge on any atom is 0.239 e. The molecule has 1 aliphatic rings. The fraction of sp³-hybridized carbons (Fsp3) is 0.615. The van der Waals surface area contributed by atoms with Gasteiger partial charge in [0.05, 0.1) is 23.8 Å². The van der Waals surface area contributed by atoms with Crippen LogP contribution in [0.25, 0.3) is 0 Å². The molecular weight excluding hydrogens is 262 g/mol. The Labute approximate surface area is 116 Å². The molecular formula is C13H19N3O2S. The fourth-order valence-electron chi connectivity index (χ4n) is 1.54. The summed E-state index contributed by atoms with van der Waals surface area (Å²) in [5.74, 6) is 0.252. The van der Waals surface area contributed by atoms with E-state index in [1.54, 1.807) is 25.2 Å². The molecule has 0 spiro atoms. The van der Waals surface area contributed by atoms with Crippen molar-refractivity contribution in [2.45, 2.75) is 39.2 Å². The average Bonchev–Trinajstić information content (AvgIpc) is 3.12. The Kier molecular flexibility index (Phi) is 4.52. The monoisotopic (exact) mass is 281 g/mol. The van der Waals surface area contributed by atoms with Crippen LogP contribution in [0.1, 0.15) is 43.3 Å². The number of nitrogens with one attached hydrogen (secondary N) is 2. The fourth-order valence-corrected chi connectivity index (χ4v) is 2.54. The molecule has 2 N–H and O–H groups in total. The predicted molar refractivity (Wildman–Crippen MR) is 73.8 cm³/mol. The molecule has 1 aromatic heterocycles. The van der Waals surface area contributed by atoms with E-state index in [1.807, 2.05) is 5.38 Å². The molecule has 0 saturated heterocycles. The lowest BCUT2D eigenvalue weighted by Crippen LogP contribution is -2.38. The summed E-state index contributed by atoms with van der Waals surface area (Å²) in [4.78, 5) is 27.3. The maximum atomic E-state index is 11.5. The van der Waals surface area contributed by atoms with E-state index >= 15 is 0 Å². The molecule has 2 rings (SSSR count). The van der Waals surface area contributed by atoms with E-state index in [4.69, 9.17) is 0 Å². The van der Waals surface area contributed by atoms with Crippen LogP contribution in [0.15, 0.2) is 5.38 Å². The SMILES string of the molecule is CC(C)C(=O)NCC(=O)NCc1csc(C2CC2)n1. The first-order valence-electron chi connectivity index (χ1n) is 6.55. The number of carbonyl (C=O) groups is 2. The van der Waals surface area contributed by atoms with Gasteiger partial charge in [0.15, 0.2) is 0 Å². The van der Waals surface area contributed by atoms with Crippen molar-refractivity contribution in [3.63, 3.8) is 0 Å². The van der Waals surface area contributed by atoms with Crippen LogP contribution in [0, 0.1) is 5.92 Å². The Balaban J connectivity index is 1.69. The van der Waals surface area contributed by atoms with E-state index in [9.17, 15) is 9.59 Å². The molecule has 104 valence electrons. The lowest BCUT2D eigenvalue weighted by molar-refractivity contribution is -0.127. The van der Waals surface area contributed by atoms with Gasteiger partial charge >= 0.3 is 0 Å². The third kappa shape index (κ3) is 4.31. The highest BCUT2D eigenvalue weighted by Crippen LogP contribution is 2.41. The molecule has 2 amide bonds. The third-order valence-corrected chi connectivity index (χ3v) is 3.97. The van der Waals surface area contributed by atoms with Crippen LogP contribution in [0.4, 0.5) is 0 Å². The molecule has 1 aliphatic carbocycles. The van der Waals surface area contributed by atoms with Gasteiger partial charge in [-0.05, 0) is 12.8 Å². The highest BCUT2D eigenvalue weighted by molar-refractivity contribution is 7.09. The zero-order valence-electron chi connectivity index (χ0n) is 11.2. The Morgan fingerprint density at radius 2 is 2.16 bits per heavy atom. The molecule has 1 fully saturated rings. The molecule has 0 aromatic carbocycles. The number of rotatable bonds is 6. The van der Waals surface area contributed by atoms with Gasteiger partial charge in [-0.15, -0.1) is 11.3 Å². The van der Waals surface area contributed by atoms with Crippen LogP contribution in [-0.4, -0.2) is 23.3 Å². The summed E-state index contributed by atoms with van der Waals surface area (Å²) in [6, 6.07) is 0. The molecule has 0 radical (unpaired) electrons. The zero-order chi connectivity index (χ0) is 13.8. The number of nitrogens with zero attached hydrogens (tertiary/aromatic N) is 1. The lowest BCUT2D eigenvalue weighted by atomic mass is 10.2. The van der Waals surface area contributed by atoms with Crippen molar-refractivity contribution in [2.75, 3.05) is 6.54 Å². The van der Waals surface area contributed by atoms with E-state index in [1.165, 1.54) is 17.8 Å². The summed E-state index contributed by atoms with van der Waals surface area (Å²) in [5, 5.41) is 8.50. The minimum atomic E-state index is -0.185. The minimum Gasteiger partial charge on any atom is -0.349 e. The number of thiazole rings is 1. The van der Waals surface area contributed by atoms with Gasteiger partial charge < -0.3 is 10.6 Å². The van der Waals surface area contributed by atoms with Gasteiger partial charge in [0.2, 0.25) is 11.8 Å². The molecule has 0 unspecified atom stereocenters. The highest BCUT2D eigenvalue weighted by atomic mass is 32.1. The summed E-state index contributed by atoms with van der Waals surface area (Å²) in [6.07, 6.45) is 2.47. The third-order valence-electron chi connectivity index (χ3n) is 2.91. The Morgan fingerprint density at radius 3 is 2.79 bits per heavy atom. The largest absolute Gasteiger partial charge is 0.349 e. The number of aromatic nitrogens is 1. The number of hydrogen-bond donors (Lipinski definition) is 2. The van der Waals surface area contributed by atoms with Gasteiger partial charge in [0.25, 0.3) is 0 Å². The number of carbonyl (C=O) groups excluding carboxylic acids is 2. The molecule has 5 nitrogen and oxygen atoms in total. The van der Waals surface area contributed by atoms with Crippen LogP contribution in [0.2, 0.25) is 0 Å². The molecule has 1 heterocycles. The van der Waals surface area contributed by atoms with Crippen LogP contribution in [0.3, 0.4) is 0 Å². The normalized spacial score (nSPS) is 14.5. The number of amides is 2. The molecule has 19 heavy (non-hydrogen) atoms. The van der Waals surface area contributed by atoms with Crippen molar-refractivity contribution in [1.29, 1.82) is 0 Å². The highest BCUT2D eigenvalue weighted by Gasteiger charge is 2.26. The summed E-state index contributed by atoms with van der Waals surface area (Å²) >= 11 is 1.66. The van der Waals surface area contributed by atoms with Crippen molar-refractivity contribution in [1.82, 2.24) is 15.6 Å². The second kappa shape index (κ2) is 6.14. The van der Waals surface area contributed by atoms with E-state index in [0.29, 0.717) is 12.5 Å². The van der Waals surface area contributed by atoms with Crippen LogP contribution in [-0.2, 0) is 16.1 Å². The predicted octanol–water partition coefficient (Wildman–Crippen LogP) is 1.41. The standard InChI is InChI=1S/C13H19N3O2S/c1-8(2)12(18)15-6-11(17)14-5-10-7-19-13(16-10)9-3-4-9/h7-9H,3-6H2,1-2H3,(H,14,17)(H,15,18). The van der Waals surface area contributed by atoms with Crippen molar-refractivity contribution in [2.24, 2.45) is 5.92 Å². The van der Waals surface area contributed by atoms with Crippen LogP contribution in [0.5, 0.6) is 0 Å². The minimum absolute atomic E-state index is 0.0244. The summed E-state index contributed by atoms with van der Waals surface area (Å²) in [5.41, 5.74) is 0.899. The van der Waals surface area contributed by atoms with Crippen molar-refractivity contribution < 1.29 is 9.59 Å². The summed E-state index contributed by atoms with van der Waals surface area (Å²) in [6.45, 7) is 4.04. The molecule has 0 atom stereocenters. The smallest absolute Gasteiger partial charge is 0.239 e. The second-order valence-corrected chi connectivity index (χ2v) is 5.99. The van der Waals surface area contributed by atoms with Gasteiger partial charge in [0, 0.05) is 17.2 Å². The molecule has 0 bridgehead atoms. The Morgan fingerprint density at radius 1 is 1.42 bits per heavy atom. The van der Waals surface area contributed by atoms with Gasteiger partial charge in [-0.2, -0.15) is 0 Å². The quantitative estimate of drug-likeness (QED) is 0.828. The van der Waals surface area contributed by atoms with E-state index in [2.05, 4.69) is 15.6 Å². The van der Waals surface area contributed by atoms with Crippen LogP contribution >= 0.6 is 11.3 Å². The molecule has 0 aliphatic heterocycles. The van der Waals surface area contributed by atoms with E-state index in [-0.39, 0.29) is 24.3 Å². The van der Waals surface area contributed by atoms with Crippen LogP contribution < -0.4 is 10.6 Å².